The monoisotopic (exact) mass is 328 g/mol. The number of carbonyl (C=O) groups is 1. The lowest BCUT2D eigenvalue weighted by molar-refractivity contribution is -0.154. The van der Waals surface area contributed by atoms with Crippen molar-refractivity contribution in [1.29, 1.82) is 5.26 Å². The molecule has 1 fully saturated rings. The summed E-state index contributed by atoms with van der Waals surface area (Å²) in [6, 6.07) is 2.02. The highest BCUT2D eigenvalue weighted by molar-refractivity contribution is 5.97. The number of fused-ring (bicyclic) bond motifs is 1. The average Bonchev–Trinajstić information content (AvgIpc) is 2.80. The van der Waals surface area contributed by atoms with Crippen LogP contribution < -0.4 is 10.6 Å². The molecule has 10 heteroatoms. The number of nitrogens with zero attached hydrogens (tertiary/aromatic N) is 4. The van der Waals surface area contributed by atoms with Gasteiger partial charge < -0.3 is 10.6 Å². The molecule has 1 saturated heterocycles. The Morgan fingerprint density at radius 3 is 2.57 bits per heavy atom. The van der Waals surface area contributed by atoms with E-state index in [0.717, 1.165) is 5.01 Å². The number of amides is 1. The minimum Gasteiger partial charge on any atom is -0.345 e. The van der Waals surface area contributed by atoms with Crippen molar-refractivity contribution in [3.05, 3.63) is 23.2 Å². The molecule has 3 aliphatic rings. The van der Waals surface area contributed by atoms with E-state index < -0.39 is 23.8 Å². The summed E-state index contributed by atoms with van der Waals surface area (Å²) in [5, 5.41) is 17.4. The number of likely N-dealkylation sites (N-methyl/N-ethyl adjacent to an activating group) is 1. The molecule has 23 heavy (non-hydrogen) atoms. The SMILES string of the molecule is CN1C(N2CCNCC2)C(C#N)=C2NC=C(C(F)(F)F)C(=O)N21. The van der Waals surface area contributed by atoms with Crippen molar-refractivity contribution in [1.82, 2.24) is 25.6 Å². The van der Waals surface area contributed by atoms with Crippen molar-refractivity contribution in [3.63, 3.8) is 0 Å². The van der Waals surface area contributed by atoms with Crippen LogP contribution in [0.2, 0.25) is 0 Å². The van der Waals surface area contributed by atoms with Crippen LogP contribution in [0, 0.1) is 11.3 Å². The zero-order valence-corrected chi connectivity index (χ0v) is 12.3. The van der Waals surface area contributed by atoms with E-state index in [2.05, 4.69) is 10.6 Å². The normalized spacial score (nSPS) is 26.7. The first-order valence-corrected chi connectivity index (χ1v) is 7.06. The molecule has 1 atom stereocenters. The van der Waals surface area contributed by atoms with Crippen molar-refractivity contribution in [2.24, 2.45) is 0 Å². The molecule has 3 aliphatic heterocycles. The van der Waals surface area contributed by atoms with Gasteiger partial charge in [0.25, 0.3) is 5.91 Å². The predicted molar refractivity (Wildman–Crippen MR) is 72.8 cm³/mol. The lowest BCUT2D eigenvalue weighted by atomic mass is 10.1. The Balaban J connectivity index is 1.97. The number of rotatable bonds is 1. The largest absolute Gasteiger partial charge is 0.423 e. The molecule has 3 heterocycles. The summed E-state index contributed by atoms with van der Waals surface area (Å²) in [4.78, 5) is 14.2. The van der Waals surface area contributed by atoms with Gasteiger partial charge in [-0.05, 0) is 0 Å². The minimum atomic E-state index is -4.75. The maximum atomic E-state index is 12.9. The molecule has 0 radical (unpaired) electrons. The second-order valence-electron chi connectivity index (χ2n) is 5.42. The lowest BCUT2D eigenvalue weighted by Gasteiger charge is -2.39. The van der Waals surface area contributed by atoms with Crippen LogP contribution >= 0.6 is 0 Å². The van der Waals surface area contributed by atoms with E-state index >= 15 is 0 Å². The lowest BCUT2D eigenvalue weighted by Crippen LogP contribution is -2.57. The Morgan fingerprint density at radius 1 is 1.35 bits per heavy atom. The second-order valence-corrected chi connectivity index (χ2v) is 5.42. The fourth-order valence-corrected chi connectivity index (χ4v) is 3.05. The molecule has 0 aromatic carbocycles. The van der Waals surface area contributed by atoms with Gasteiger partial charge in [-0.2, -0.15) is 23.4 Å². The maximum Gasteiger partial charge on any atom is 0.423 e. The fourth-order valence-electron chi connectivity index (χ4n) is 3.05. The van der Waals surface area contributed by atoms with Gasteiger partial charge in [0, 0.05) is 39.4 Å². The number of piperazine rings is 1. The standard InChI is InChI=1S/C13H15F3N6O/c1-20-11(21-4-2-18-3-5-21)8(6-17)10-19-7-9(13(14,15)16)12(23)22(10)20/h7,11,18-19H,2-5H2,1H3. The van der Waals surface area contributed by atoms with Gasteiger partial charge in [0.05, 0.1) is 0 Å². The molecule has 0 aromatic heterocycles. The summed E-state index contributed by atoms with van der Waals surface area (Å²) in [5.74, 6) is -1.09. The third-order valence-corrected chi connectivity index (χ3v) is 4.09. The van der Waals surface area contributed by atoms with Crippen LogP contribution in [0.5, 0.6) is 0 Å². The zero-order chi connectivity index (χ0) is 16.8. The summed E-state index contributed by atoms with van der Waals surface area (Å²) < 4.78 is 38.8. The van der Waals surface area contributed by atoms with E-state index in [1.807, 2.05) is 11.0 Å². The summed E-state index contributed by atoms with van der Waals surface area (Å²) in [7, 11) is 1.51. The van der Waals surface area contributed by atoms with Gasteiger partial charge in [0.15, 0.2) is 0 Å². The Labute approximate surface area is 130 Å². The molecule has 3 rings (SSSR count). The summed E-state index contributed by atoms with van der Waals surface area (Å²) >= 11 is 0. The van der Waals surface area contributed by atoms with Crippen LogP contribution in [0.4, 0.5) is 13.2 Å². The molecule has 7 nitrogen and oxygen atoms in total. The highest BCUT2D eigenvalue weighted by atomic mass is 19.4. The Kier molecular flexibility index (Phi) is 3.79. The van der Waals surface area contributed by atoms with Crippen LogP contribution in [0.1, 0.15) is 0 Å². The van der Waals surface area contributed by atoms with Crippen molar-refractivity contribution in [3.8, 4) is 6.07 Å². The first kappa shape index (κ1) is 15.8. The molecular weight excluding hydrogens is 313 g/mol. The molecule has 0 bridgehead atoms. The number of halogens is 3. The van der Waals surface area contributed by atoms with E-state index in [1.54, 1.807) is 0 Å². The summed E-state index contributed by atoms with van der Waals surface area (Å²) in [5.41, 5.74) is -1.05. The number of hydrogen-bond donors (Lipinski definition) is 2. The van der Waals surface area contributed by atoms with Gasteiger partial charge in [0.1, 0.15) is 29.2 Å². The molecule has 124 valence electrons. The molecule has 0 aliphatic carbocycles. The Bertz CT molecular complexity index is 629. The predicted octanol–water partition coefficient (Wildman–Crippen LogP) is -0.309. The van der Waals surface area contributed by atoms with Crippen molar-refractivity contribution in [2.75, 3.05) is 33.2 Å². The van der Waals surface area contributed by atoms with Gasteiger partial charge in [-0.15, -0.1) is 0 Å². The zero-order valence-electron chi connectivity index (χ0n) is 12.3. The van der Waals surface area contributed by atoms with Crippen LogP contribution in [0.15, 0.2) is 23.2 Å². The molecule has 0 saturated carbocycles. The molecule has 1 unspecified atom stereocenters. The van der Waals surface area contributed by atoms with Crippen LogP contribution in [-0.4, -0.2) is 66.4 Å². The maximum absolute atomic E-state index is 12.9. The first-order valence-electron chi connectivity index (χ1n) is 7.06. The minimum absolute atomic E-state index is 0.0940. The first-order chi connectivity index (χ1) is 10.9. The number of hydrogen-bond acceptors (Lipinski definition) is 6. The van der Waals surface area contributed by atoms with Crippen LogP contribution in [-0.2, 0) is 4.79 Å². The van der Waals surface area contributed by atoms with Crippen molar-refractivity contribution in [2.45, 2.75) is 12.3 Å². The molecular formula is C13H15F3N6O. The number of carbonyl (C=O) groups excluding carboxylic acids is 1. The summed E-state index contributed by atoms with van der Waals surface area (Å²) in [6.45, 7) is 2.70. The van der Waals surface area contributed by atoms with Gasteiger partial charge in [0.2, 0.25) is 0 Å². The molecule has 0 spiro atoms. The molecule has 2 N–H and O–H groups in total. The van der Waals surface area contributed by atoms with Gasteiger partial charge in [-0.1, -0.05) is 0 Å². The van der Waals surface area contributed by atoms with E-state index in [9.17, 15) is 23.2 Å². The summed E-state index contributed by atoms with van der Waals surface area (Å²) in [6.07, 6.45) is -4.69. The second kappa shape index (κ2) is 5.52. The average molecular weight is 328 g/mol. The van der Waals surface area contributed by atoms with Gasteiger partial charge >= 0.3 is 6.18 Å². The highest BCUT2D eigenvalue weighted by Gasteiger charge is 2.50. The molecule has 0 aromatic rings. The quantitative estimate of drug-likeness (QED) is 0.688. The van der Waals surface area contributed by atoms with Crippen molar-refractivity contribution < 1.29 is 18.0 Å². The van der Waals surface area contributed by atoms with Gasteiger partial charge in [-0.3, -0.25) is 9.69 Å². The number of nitriles is 1. The van der Waals surface area contributed by atoms with E-state index in [4.69, 9.17) is 0 Å². The smallest absolute Gasteiger partial charge is 0.345 e. The van der Waals surface area contributed by atoms with E-state index in [0.29, 0.717) is 32.4 Å². The molecule has 1 amide bonds. The number of alkyl halides is 3. The van der Waals surface area contributed by atoms with E-state index in [1.165, 1.54) is 12.1 Å². The Hall–Kier alpha value is -2.09. The number of nitrogens with one attached hydrogen (secondary N) is 2. The van der Waals surface area contributed by atoms with Crippen molar-refractivity contribution >= 4 is 5.91 Å². The topological polar surface area (TPSA) is 74.6 Å². The Morgan fingerprint density at radius 2 is 2.00 bits per heavy atom. The third kappa shape index (κ3) is 2.46. The van der Waals surface area contributed by atoms with Gasteiger partial charge in [-0.25, -0.2) is 5.01 Å². The number of hydrazine groups is 1. The fraction of sp³-hybridized carbons (Fsp3) is 0.538. The third-order valence-electron chi connectivity index (χ3n) is 4.09. The highest BCUT2D eigenvalue weighted by Crippen LogP contribution is 2.36. The van der Waals surface area contributed by atoms with E-state index in [-0.39, 0.29) is 11.4 Å². The van der Waals surface area contributed by atoms with Crippen LogP contribution in [0.25, 0.3) is 0 Å². The van der Waals surface area contributed by atoms with Crippen LogP contribution in [0.3, 0.4) is 0 Å².